The van der Waals surface area contributed by atoms with Gasteiger partial charge in [0, 0.05) is 61.6 Å². The second kappa shape index (κ2) is 10.6. The van der Waals surface area contributed by atoms with Crippen molar-refractivity contribution in [3.8, 4) is 10.6 Å². The molecule has 2 unspecified atom stereocenters. The summed E-state index contributed by atoms with van der Waals surface area (Å²) >= 11 is 0.931. The van der Waals surface area contributed by atoms with Crippen LogP contribution in [0.5, 0.6) is 0 Å². The highest BCUT2D eigenvalue weighted by atomic mass is 32.2. The molecule has 4 heterocycles. The van der Waals surface area contributed by atoms with Gasteiger partial charge in [0.15, 0.2) is 0 Å². The van der Waals surface area contributed by atoms with Crippen molar-refractivity contribution in [3.63, 3.8) is 0 Å². The van der Waals surface area contributed by atoms with Gasteiger partial charge in [-0.25, -0.2) is 9.97 Å². The van der Waals surface area contributed by atoms with Crippen molar-refractivity contribution in [1.29, 1.82) is 0 Å². The van der Waals surface area contributed by atoms with E-state index in [9.17, 15) is 22.2 Å². The first-order valence-corrected chi connectivity index (χ1v) is 16.5. The molecule has 2 saturated carbocycles. The Morgan fingerprint density at radius 2 is 1.95 bits per heavy atom. The zero-order valence-electron chi connectivity index (χ0n) is 23.0. The molecule has 7 rings (SSSR count). The molecule has 2 aliphatic carbocycles. The van der Waals surface area contributed by atoms with E-state index in [1.807, 2.05) is 12.1 Å². The Morgan fingerprint density at radius 1 is 1.14 bits per heavy atom. The summed E-state index contributed by atoms with van der Waals surface area (Å²) in [5.74, 6) is 0.425. The smallest absolute Gasteiger partial charge is 0.369 e. The Labute approximate surface area is 248 Å². The summed E-state index contributed by atoms with van der Waals surface area (Å²) in [7, 11) is -1.49. The molecule has 8 nitrogen and oxygen atoms in total. The van der Waals surface area contributed by atoms with E-state index >= 15 is 0 Å². The van der Waals surface area contributed by atoms with Crippen molar-refractivity contribution in [2.75, 3.05) is 42.1 Å². The molecular weight excluding hydrogens is 585 g/mol. The number of hydrogen-bond acceptors (Lipinski definition) is 8. The first kappa shape index (κ1) is 27.8. The second-order valence-electron chi connectivity index (χ2n) is 11.5. The standard InChI is InChI=1S/C29H31F3N6O2S2/c1-16-15-37(9-8-33-16)19-6-7-22(20(12-19)17-2-3-17)35-28-34-14-21(29(30,31)32)25(36-28)23-13-24-26(41-23)27(39)38(18-4-5-18)10-11-42(24)40/h6-7,12-14,16-18,33H,2-5,8-11,15H2,1H3,(H,34,35,36). The molecule has 222 valence electrons. The molecule has 1 saturated heterocycles. The Bertz CT molecular complexity index is 1570. The largest absolute Gasteiger partial charge is 0.420 e. The van der Waals surface area contributed by atoms with Crippen LogP contribution in [-0.4, -0.2) is 69.0 Å². The molecule has 4 aliphatic rings. The van der Waals surface area contributed by atoms with E-state index in [-0.39, 0.29) is 39.1 Å². The van der Waals surface area contributed by atoms with Crippen molar-refractivity contribution in [2.45, 2.75) is 61.7 Å². The van der Waals surface area contributed by atoms with Gasteiger partial charge in [-0.05, 0) is 68.4 Å². The maximum absolute atomic E-state index is 14.2. The number of anilines is 3. The molecule has 2 atom stereocenters. The Kier molecular flexibility index (Phi) is 7.01. The van der Waals surface area contributed by atoms with Crippen molar-refractivity contribution >= 4 is 45.4 Å². The Hall–Kier alpha value is -3.03. The number of thiophene rings is 1. The molecule has 2 aromatic heterocycles. The molecule has 0 radical (unpaired) electrons. The predicted octanol–water partition coefficient (Wildman–Crippen LogP) is 5.37. The zero-order valence-corrected chi connectivity index (χ0v) is 24.7. The number of alkyl halides is 3. The summed E-state index contributed by atoms with van der Waals surface area (Å²) in [6.07, 6.45) is -0.0253. The van der Waals surface area contributed by atoms with Crippen LogP contribution in [0, 0.1) is 0 Å². The SMILES string of the molecule is CC1CN(c2ccc(Nc3ncc(C(F)(F)F)c(-c4cc5c(s4)C(=O)N(C4CC4)CCS5=O)n3)c(C3CC3)c2)CCN1. The van der Waals surface area contributed by atoms with Crippen LogP contribution in [0.25, 0.3) is 10.6 Å². The lowest BCUT2D eigenvalue weighted by atomic mass is 10.1. The fourth-order valence-corrected chi connectivity index (χ4v) is 8.40. The Morgan fingerprint density at radius 3 is 2.67 bits per heavy atom. The van der Waals surface area contributed by atoms with Gasteiger partial charge in [-0.3, -0.25) is 9.00 Å². The predicted molar refractivity (Wildman–Crippen MR) is 157 cm³/mol. The maximum atomic E-state index is 14.2. The second-order valence-corrected chi connectivity index (χ2v) is 14.1. The van der Waals surface area contributed by atoms with Gasteiger partial charge < -0.3 is 20.4 Å². The monoisotopic (exact) mass is 616 g/mol. The Balaban J connectivity index is 1.24. The van der Waals surface area contributed by atoms with E-state index in [4.69, 9.17) is 0 Å². The fourth-order valence-electron chi connectivity index (χ4n) is 5.78. The summed E-state index contributed by atoms with van der Waals surface area (Å²) < 4.78 is 55.5. The van der Waals surface area contributed by atoms with Crippen LogP contribution >= 0.6 is 11.3 Å². The van der Waals surface area contributed by atoms with Crippen LogP contribution in [-0.2, 0) is 17.0 Å². The number of nitrogens with zero attached hydrogens (tertiary/aromatic N) is 4. The van der Waals surface area contributed by atoms with E-state index in [0.29, 0.717) is 23.4 Å². The highest BCUT2D eigenvalue weighted by molar-refractivity contribution is 7.85. The number of carbonyl (C=O) groups excluding carboxylic acids is 1. The lowest BCUT2D eigenvalue weighted by Crippen LogP contribution is -2.49. The molecule has 1 aromatic carbocycles. The van der Waals surface area contributed by atoms with Gasteiger partial charge in [0.2, 0.25) is 5.95 Å². The topological polar surface area (TPSA) is 90.5 Å². The normalized spacial score (nSPS) is 23.1. The first-order chi connectivity index (χ1) is 20.2. The third-order valence-electron chi connectivity index (χ3n) is 8.26. The number of hydrogen-bond donors (Lipinski definition) is 2. The van der Waals surface area contributed by atoms with E-state index in [1.54, 1.807) is 4.90 Å². The van der Waals surface area contributed by atoms with Crippen LogP contribution in [0.4, 0.5) is 30.5 Å². The van der Waals surface area contributed by atoms with Crippen LogP contribution in [0.1, 0.15) is 59.3 Å². The molecule has 2 aliphatic heterocycles. The summed E-state index contributed by atoms with van der Waals surface area (Å²) in [6, 6.07) is 8.11. The number of benzene rings is 1. The third-order valence-corrected chi connectivity index (χ3v) is 10.9. The quantitative estimate of drug-likeness (QED) is 0.385. The number of amides is 1. The summed E-state index contributed by atoms with van der Waals surface area (Å²) in [4.78, 5) is 26.4. The maximum Gasteiger partial charge on any atom is 0.420 e. The number of aromatic nitrogens is 2. The zero-order chi connectivity index (χ0) is 29.2. The van der Waals surface area contributed by atoms with Gasteiger partial charge in [0.1, 0.15) is 10.4 Å². The van der Waals surface area contributed by atoms with Crippen molar-refractivity contribution in [1.82, 2.24) is 20.2 Å². The molecule has 3 aromatic rings. The summed E-state index contributed by atoms with van der Waals surface area (Å²) in [5.41, 5.74) is 1.69. The van der Waals surface area contributed by atoms with Crippen molar-refractivity contribution in [3.05, 3.63) is 46.5 Å². The minimum atomic E-state index is -4.71. The lowest BCUT2D eigenvalue weighted by molar-refractivity contribution is -0.137. The number of piperazine rings is 1. The molecule has 1 amide bonds. The van der Waals surface area contributed by atoms with E-state index < -0.39 is 22.5 Å². The minimum Gasteiger partial charge on any atom is -0.369 e. The number of nitrogens with one attached hydrogen (secondary N) is 2. The van der Waals surface area contributed by atoms with Crippen molar-refractivity contribution in [2.24, 2.45) is 0 Å². The highest BCUT2D eigenvalue weighted by Gasteiger charge is 2.40. The molecule has 2 N–H and O–H groups in total. The van der Waals surface area contributed by atoms with Gasteiger partial charge in [-0.15, -0.1) is 11.3 Å². The van der Waals surface area contributed by atoms with Crippen LogP contribution in [0.2, 0.25) is 0 Å². The van der Waals surface area contributed by atoms with E-state index in [2.05, 4.69) is 38.5 Å². The molecule has 42 heavy (non-hydrogen) atoms. The van der Waals surface area contributed by atoms with Gasteiger partial charge in [-0.1, -0.05) is 0 Å². The lowest BCUT2D eigenvalue weighted by Gasteiger charge is -2.34. The highest BCUT2D eigenvalue weighted by Crippen LogP contribution is 2.46. The van der Waals surface area contributed by atoms with E-state index in [0.717, 1.165) is 79.8 Å². The van der Waals surface area contributed by atoms with E-state index in [1.165, 1.54) is 6.07 Å². The van der Waals surface area contributed by atoms with Crippen LogP contribution in [0.3, 0.4) is 0 Å². The summed E-state index contributed by atoms with van der Waals surface area (Å²) in [6.45, 7) is 5.26. The average molecular weight is 617 g/mol. The van der Waals surface area contributed by atoms with Gasteiger partial charge >= 0.3 is 6.18 Å². The number of fused-ring (bicyclic) bond motifs is 1. The number of carbonyl (C=O) groups is 1. The minimum absolute atomic E-state index is 0.0408. The van der Waals surface area contributed by atoms with Gasteiger partial charge in [-0.2, -0.15) is 13.2 Å². The summed E-state index contributed by atoms with van der Waals surface area (Å²) in [5, 5.41) is 6.65. The van der Waals surface area contributed by atoms with Crippen LogP contribution < -0.4 is 15.5 Å². The number of rotatable bonds is 6. The third kappa shape index (κ3) is 5.42. The first-order valence-electron chi connectivity index (χ1n) is 14.3. The van der Waals surface area contributed by atoms with Crippen molar-refractivity contribution < 1.29 is 22.2 Å². The fraction of sp³-hybridized carbons (Fsp3) is 0.483. The molecule has 0 spiro atoms. The molecular formula is C29H31F3N6O2S2. The van der Waals surface area contributed by atoms with Gasteiger partial charge in [0.05, 0.1) is 26.3 Å². The molecule has 13 heteroatoms. The average Bonchev–Trinajstić information content (AvgIpc) is 3.90. The molecule has 3 fully saturated rings. The molecule has 0 bridgehead atoms. The van der Waals surface area contributed by atoms with Crippen LogP contribution in [0.15, 0.2) is 35.4 Å². The van der Waals surface area contributed by atoms with Gasteiger partial charge in [0.25, 0.3) is 5.91 Å². The number of halogens is 3.